The summed E-state index contributed by atoms with van der Waals surface area (Å²) in [6.07, 6.45) is 3.99. The number of hydrogen-bond donors (Lipinski definition) is 0. The monoisotopic (exact) mass is 486 g/mol. The number of rotatable bonds is 6. The van der Waals surface area contributed by atoms with Crippen molar-refractivity contribution in [3.8, 4) is 0 Å². The van der Waals surface area contributed by atoms with Gasteiger partial charge in [-0.15, -0.1) is 11.3 Å². The van der Waals surface area contributed by atoms with Gasteiger partial charge in [0.2, 0.25) is 5.91 Å². The van der Waals surface area contributed by atoms with Crippen molar-refractivity contribution < 1.29 is 23.9 Å². The van der Waals surface area contributed by atoms with Crippen LogP contribution < -0.4 is 14.8 Å². The number of benzene rings is 1. The molecular formula is C25H30N2O6S. The fourth-order valence-corrected chi connectivity index (χ4v) is 5.19. The zero-order valence-electron chi connectivity index (χ0n) is 19.9. The van der Waals surface area contributed by atoms with E-state index < -0.39 is 11.9 Å². The van der Waals surface area contributed by atoms with Crippen molar-refractivity contribution in [1.82, 2.24) is 9.47 Å². The van der Waals surface area contributed by atoms with Gasteiger partial charge in [0.25, 0.3) is 5.56 Å². The number of piperidine rings is 1. The Morgan fingerprint density at radius 2 is 1.76 bits per heavy atom. The Morgan fingerprint density at radius 3 is 2.35 bits per heavy atom. The molecule has 1 aliphatic rings. The van der Waals surface area contributed by atoms with Crippen molar-refractivity contribution >= 4 is 41.3 Å². The highest BCUT2D eigenvalue weighted by molar-refractivity contribution is 7.07. The number of hydrogen-bond acceptors (Lipinski definition) is 7. The maximum absolute atomic E-state index is 13.2. The zero-order chi connectivity index (χ0) is 24.8. The highest BCUT2D eigenvalue weighted by Gasteiger charge is 2.26. The first-order chi connectivity index (χ1) is 16.2. The molecular weight excluding hydrogens is 456 g/mol. The molecule has 0 bridgehead atoms. The van der Waals surface area contributed by atoms with E-state index in [9.17, 15) is 19.2 Å². The first-order valence-electron chi connectivity index (χ1n) is 11.3. The lowest BCUT2D eigenvalue weighted by Gasteiger charge is -2.35. The van der Waals surface area contributed by atoms with Crippen molar-refractivity contribution in [3.05, 3.63) is 54.9 Å². The third kappa shape index (κ3) is 6.22. The van der Waals surface area contributed by atoms with E-state index in [1.165, 1.54) is 17.8 Å². The van der Waals surface area contributed by atoms with Gasteiger partial charge in [-0.05, 0) is 49.0 Å². The third-order valence-electron chi connectivity index (χ3n) is 5.61. The second-order valence-electron chi connectivity index (χ2n) is 8.59. The van der Waals surface area contributed by atoms with Crippen LogP contribution in [-0.4, -0.2) is 54.1 Å². The second-order valence-corrected chi connectivity index (χ2v) is 9.66. The molecule has 34 heavy (non-hydrogen) atoms. The predicted molar refractivity (Wildman–Crippen MR) is 130 cm³/mol. The molecule has 1 aromatic carbocycles. The van der Waals surface area contributed by atoms with Gasteiger partial charge in [-0.2, -0.15) is 0 Å². The minimum absolute atomic E-state index is 0.144. The van der Waals surface area contributed by atoms with Gasteiger partial charge in [-0.3, -0.25) is 14.2 Å². The Kier molecular flexibility index (Phi) is 8.44. The molecule has 2 atom stereocenters. The minimum Gasteiger partial charge on any atom is -0.465 e. The summed E-state index contributed by atoms with van der Waals surface area (Å²) >= 11 is 1.12. The smallest absolute Gasteiger partial charge is 0.337 e. The van der Waals surface area contributed by atoms with Crippen LogP contribution in [0.15, 0.2) is 29.1 Å². The molecule has 3 rings (SSSR count). The Hall–Kier alpha value is -3.20. The first-order valence-corrected chi connectivity index (χ1v) is 12.1. The van der Waals surface area contributed by atoms with Gasteiger partial charge in [0, 0.05) is 13.1 Å². The van der Waals surface area contributed by atoms with E-state index in [0.717, 1.165) is 17.8 Å². The molecule has 9 heteroatoms. The number of likely N-dealkylation sites (tertiary alicyclic amines) is 1. The Bertz CT molecular complexity index is 1220. The number of carbonyl (C=O) groups is 3. The topological polar surface area (TPSA) is 94.9 Å². The summed E-state index contributed by atoms with van der Waals surface area (Å²) in [5, 5.41) is 0. The Balaban J connectivity index is 1.99. The highest BCUT2D eigenvalue weighted by Crippen LogP contribution is 2.21. The number of methoxy groups -OCH3 is 1. The number of amides is 1. The van der Waals surface area contributed by atoms with Crippen molar-refractivity contribution in [2.24, 2.45) is 11.8 Å². The SMILES string of the molecule is CCOC(=O)/C=c1\s/c(=C/c2ccc(C(=O)OC)cc2)c(=O)n1CC(=O)N1CC(C)CC(C)C1. The van der Waals surface area contributed by atoms with E-state index in [4.69, 9.17) is 9.47 Å². The number of thiazole rings is 1. The minimum atomic E-state index is -0.570. The molecule has 0 N–H and O–H groups in total. The third-order valence-corrected chi connectivity index (χ3v) is 6.67. The number of carbonyl (C=O) groups excluding carboxylic acids is 3. The maximum atomic E-state index is 13.2. The molecule has 1 aliphatic heterocycles. The second kappa shape index (κ2) is 11.3. The summed E-state index contributed by atoms with van der Waals surface area (Å²) in [6, 6.07) is 6.62. The van der Waals surface area contributed by atoms with Gasteiger partial charge in [0.1, 0.15) is 11.2 Å². The maximum Gasteiger partial charge on any atom is 0.337 e. The molecule has 1 fully saturated rings. The average molecular weight is 487 g/mol. The molecule has 8 nitrogen and oxygen atoms in total. The van der Waals surface area contributed by atoms with Gasteiger partial charge in [-0.1, -0.05) is 26.0 Å². The van der Waals surface area contributed by atoms with Crippen LogP contribution >= 0.6 is 11.3 Å². The van der Waals surface area contributed by atoms with Crippen LogP contribution in [-0.2, 0) is 25.6 Å². The summed E-state index contributed by atoms with van der Waals surface area (Å²) in [4.78, 5) is 51.8. The molecule has 0 spiro atoms. The lowest BCUT2D eigenvalue weighted by Crippen LogP contribution is -2.46. The average Bonchev–Trinajstić information content (AvgIpc) is 3.07. The summed E-state index contributed by atoms with van der Waals surface area (Å²) < 4.78 is 11.8. The van der Waals surface area contributed by atoms with E-state index in [1.807, 2.05) is 0 Å². The van der Waals surface area contributed by atoms with Crippen LogP contribution in [0.2, 0.25) is 0 Å². The van der Waals surface area contributed by atoms with Crippen LogP contribution in [0.5, 0.6) is 0 Å². The van der Waals surface area contributed by atoms with Crippen LogP contribution in [0.3, 0.4) is 0 Å². The molecule has 182 valence electrons. The lowest BCUT2D eigenvalue weighted by atomic mass is 9.92. The molecule has 1 aromatic heterocycles. The number of aromatic nitrogens is 1. The number of nitrogens with zero attached hydrogens (tertiary/aromatic N) is 2. The summed E-state index contributed by atoms with van der Waals surface area (Å²) in [5.41, 5.74) is 0.741. The van der Waals surface area contributed by atoms with Crippen LogP contribution in [0, 0.1) is 11.8 Å². The molecule has 0 saturated carbocycles. The van der Waals surface area contributed by atoms with Crippen molar-refractivity contribution in [3.63, 3.8) is 0 Å². The van der Waals surface area contributed by atoms with E-state index in [1.54, 1.807) is 42.2 Å². The first kappa shape index (κ1) is 25.4. The van der Waals surface area contributed by atoms with E-state index >= 15 is 0 Å². The van der Waals surface area contributed by atoms with E-state index in [2.05, 4.69) is 13.8 Å². The molecule has 1 amide bonds. The van der Waals surface area contributed by atoms with Gasteiger partial charge in [0.15, 0.2) is 0 Å². The standard InChI is InChI=1S/C25H30N2O6S/c1-5-33-23(29)12-22-27(15-21(28)26-13-16(2)10-17(3)14-26)24(30)20(34-22)11-18-6-8-19(9-7-18)25(31)32-4/h6-9,11-12,16-17H,5,10,13-15H2,1-4H3/b20-11+,22-12-. The van der Waals surface area contributed by atoms with Crippen LogP contribution in [0.4, 0.5) is 0 Å². The van der Waals surface area contributed by atoms with Crippen molar-refractivity contribution in [2.75, 3.05) is 26.8 Å². The van der Waals surface area contributed by atoms with Crippen molar-refractivity contribution in [1.29, 1.82) is 0 Å². The summed E-state index contributed by atoms with van der Waals surface area (Å²) in [6.45, 7) is 7.31. The van der Waals surface area contributed by atoms with Gasteiger partial charge >= 0.3 is 11.9 Å². The molecule has 1 saturated heterocycles. The summed E-state index contributed by atoms with van der Waals surface area (Å²) in [5.74, 6) is -0.371. The quantitative estimate of drug-likeness (QED) is 0.573. The number of ether oxygens (including phenoxy) is 2. The van der Waals surface area contributed by atoms with Gasteiger partial charge < -0.3 is 14.4 Å². The molecule has 2 unspecified atom stereocenters. The summed E-state index contributed by atoms with van der Waals surface area (Å²) in [7, 11) is 1.31. The largest absolute Gasteiger partial charge is 0.465 e. The van der Waals surface area contributed by atoms with E-state index in [-0.39, 0.29) is 24.6 Å². The fourth-order valence-electron chi connectivity index (χ4n) is 4.16. The Morgan fingerprint density at radius 1 is 1.12 bits per heavy atom. The van der Waals surface area contributed by atoms with Crippen LogP contribution in [0.1, 0.15) is 43.1 Å². The highest BCUT2D eigenvalue weighted by atomic mass is 32.1. The van der Waals surface area contributed by atoms with Crippen molar-refractivity contribution in [2.45, 2.75) is 33.7 Å². The zero-order valence-corrected chi connectivity index (χ0v) is 20.7. The van der Waals surface area contributed by atoms with Crippen LogP contribution in [0.25, 0.3) is 12.2 Å². The fraction of sp³-hybridized carbons (Fsp3) is 0.440. The Labute approximate surface area is 202 Å². The normalized spacial score (nSPS) is 19.2. The van der Waals surface area contributed by atoms with Gasteiger partial charge in [0.05, 0.1) is 29.9 Å². The molecule has 0 radical (unpaired) electrons. The van der Waals surface area contributed by atoms with E-state index in [0.29, 0.717) is 45.2 Å². The molecule has 0 aliphatic carbocycles. The lowest BCUT2D eigenvalue weighted by molar-refractivity contribution is -0.136. The molecule has 2 heterocycles. The predicted octanol–water partition coefficient (Wildman–Crippen LogP) is 1.37. The molecule has 2 aromatic rings. The van der Waals surface area contributed by atoms with Gasteiger partial charge in [-0.25, -0.2) is 9.59 Å². The number of esters is 2.